The third-order valence-corrected chi connectivity index (χ3v) is 5.49. The summed E-state index contributed by atoms with van der Waals surface area (Å²) >= 11 is 0. The minimum Gasteiger partial charge on any atom is -0.467 e. The number of morpholine rings is 1. The summed E-state index contributed by atoms with van der Waals surface area (Å²) in [7, 11) is 0. The number of nitrogens with one attached hydrogen (secondary N) is 1. The third-order valence-electron chi connectivity index (χ3n) is 5.49. The Balaban J connectivity index is 1.22. The van der Waals surface area contributed by atoms with E-state index in [2.05, 4.69) is 22.3 Å². The van der Waals surface area contributed by atoms with Crippen molar-refractivity contribution < 1.29 is 18.7 Å². The average Bonchev–Trinajstić information content (AvgIpc) is 3.38. The lowest BCUT2D eigenvalue weighted by molar-refractivity contribution is -0.129. The Bertz CT molecular complexity index is 809. The number of nitrogens with zero attached hydrogens (tertiary/aromatic N) is 2. The molecule has 1 N–H and O–H groups in total. The van der Waals surface area contributed by atoms with Crippen LogP contribution in [0.1, 0.15) is 17.7 Å². The molecule has 2 atom stereocenters. The topological polar surface area (TPSA) is 75.0 Å². The van der Waals surface area contributed by atoms with Crippen LogP contribution in [0.2, 0.25) is 0 Å². The summed E-state index contributed by atoms with van der Waals surface area (Å²) in [6.45, 7) is 4.52. The molecule has 2 unspecified atom stereocenters. The zero-order valence-electron chi connectivity index (χ0n) is 16.5. The Labute approximate surface area is 170 Å². The SMILES string of the molecule is O=C(NCC1CN(Cc2ccccc2)CCO1)C1CC(=O)N(Cc2ccco2)C1. The predicted octanol–water partition coefficient (Wildman–Crippen LogP) is 1.65. The van der Waals surface area contributed by atoms with E-state index in [1.165, 1.54) is 5.56 Å². The van der Waals surface area contributed by atoms with E-state index in [0.717, 1.165) is 25.4 Å². The second kappa shape index (κ2) is 9.24. The van der Waals surface area contributed by atoms with Crippen molar-refractivity contribution in [2.45, 2.75) is 25.6 Å². The van der Waals surface area contributed by atoms with Crippen LogP contribution in [0.25, 0.3) is 0 Å². The predicted molar refractivity (Wildman–Crippen MR) is 107 cm³/mol. The lowest BCUT2D eigenvalue weighted by Crippen LogP contribution is -2.48. The van der Waals surface area contributed by atoms with Gasteiger partial charge in [0.05, 0.1) is 31.4 Å². The Morgan fingerprint density at radius 2 is 1.97 bits per heavy atom. The molecule has 1 aromatic heterocycles. The van der Waals surface area contributed by atoms with Crippen molar-refractivity contribution in [3.63, 3.8) is 0 Å². The number of likely N-dealkylation sites (tertiary alicyclic amines) is 1. The van der Waals surface area contributed by atoms with Crippen LogP contribution in [0.15, 0.2) is 53.1 Å². The van der Waals surface area contributed by atoms with Gasteiger partial charge in [-0.25, -0.2) is 0 Å². The largest absolute Gasteiger partial charge is 0.467 e. The van der Waals surface area contributed by atoms with Crippen molar-refractivity contribution in [3.8, 4) is 0 Å². The molecule has 2 saturated heterocycles. The first kappa shape index (κ1) is 19.7. The highest BCUT2D eigenvalue weighted by Crippen LogP contribution is 2.20. The fraction of sp³-hybridized carbons (Fsp3) is 0.455. The number of carbonyl (C=O) groups excluding carboxylic acids is 2. The van der Waals surface area contributed by atoms with E-state index in [0.29, 0.717) is 26.2 Å². The Hall–Kier alpha value is -2.64. The molecule has 29 heavy (non-hydrogen) atoms. The number of carbonyl (C=O) groups is 2. The highest BCUT2D eigenvalue weighted by atomic mass is 16.5. The summed E-state index contributed by atoms with van der Waals surface area (Å²) in [5.41, 5.74) is 1.28. The summed E-state index contributed by atoms with van der Waals surface area (Å²) in [4.78, 5) is 28.8. The Morgan fingerprint density at radius 3 is 2.76 bits per heavy atom. The smallest absolute Gasteiger partial charge is 0.225 e. The first-order valence-corrected chi connectivity index (χ1v) is 10.1. The maximum absolute atomic E-state index is 12.6. The molecule has 7 heteroatoms. The molecule has 3 heterocycles. The number of rotatable bonds is 7. The number of hydrogen-bond donors (Lipinski definition) is 1. The van der Waals surface area contributed by atoms with Gasteiger partial charge >= 0.3 is 0 Å². The van der Waals surface area contributed by atoms with Gasteiger partial charge in [-0.3, -0.25) is 14.5 Å². The van der Waals surface area contributed by atoms with Gasteiger partial charge in [0, 0.05) is 39.1 Å². The van der Waals surface area contributed by atoms with Gasteiger partial charge in [0.2, 0.25) is 11.8 Å². The van der Waals surface area contributed by atoms with Crippen molar-refractivity contribution in [2.75, 3.05) is 32.8 Å². The maximum atomic E-state index is 12.6. The van der Waals surface area contributed by atoms with Gasteiger partial charge in [-0.15, -0.1) is 0 Å². The molecule has 154 valence electrons. The van der Waals surface area contributed by atoms with E-state index in [9.17, 15) is 9.59 Å². The van der Waals surface area contributed by atoms with E-state index in [1.807, 2.05) is 24.3 Å². The lowest BCUT2D eigenvalue weighted by atomic mass is 10.1. The van der Waals surface area contributed by atoms with Crippen molar-refractivity contribution in [3.05, 3.63) is 60.1 Å². The first-order valence-electron chi connectivity index (χ1n) is 10.1. The molecule has 0 radical (unpaired) electrons. The molecule has 1 aromatic carbocycles. The van der Waals surface area contributed by atoms with Gasteiger partial charge < -0.3 is 19.4 Å². The minimum absolute atomic E-state index is 0.00972. The third kappa shape index (κ3) is 5.25. The molecule has 0 bridgehead atoms. The summed E-state index contributed by atoms with van der Waals surface area (Å²) in [5.74, 6) is 0.323. The lowest BCUT2D eigenvalue weighted by Gasteiger charge is -2.33. The maximum Gasteiger partial charge on any atom is 0.225 e. The minimum atomic E-state index is -0.318. The number of benzene rings is 1. The van der Waals surface area contributed by atoms with Gasteiger partial charge in [0.25, 0.3) is 0 Å². The van der Waals surface area contributed by atoms with Crippen LogP contribution in [0.4, 0.5) is 0 Å². The quantitative estimate of drug-likeness (QED) is 0.769. The van der Waals surface area contributed by atoms with Crippen molar-refractivity contribution >= 4 is 11.8 Å². The highest BCUT2D eigenvalue weighted by Gasteiger charge is 2.35. The summed E-state index contributed by atoms with van der Waals surface area (Å²) in [5, 5.41) is 2.99. The fourth-order valence-electron chi connectivity index (χ4n) is 3.94. The number of hydrogen-bond acceptors (Lipinski definition) is 5. The molecule has 2 amide bonds. The van der Waals surface area contributed by atoms with Gasteiger partial charge in [-0.05, 0) is 17.7 Å². The number of amides is 2. The van der Waals surface area contributed by atoms with Crippen LogP contribution in [0.5, 0.6) is 0 Å². The van der Waals surface area contributed by atoms with Crippen LogP contribution < -0.4 is 5.32 Å². The van der Waals surface area contributed by atoms with E-state index in [-0.39, 0.29) is 30.3 Å². The van der Waals surface area contributed by atoms with Crippen LogP contribution in [0.3, 0.4) is 0 Å². The monoisotopic (exact) mass is 397 g/mol. The Kier molecular flexibility index (Phi) is 6.27. The van der Waals surface area contributed by atoms with Crippen LogP contribution in [0, 0.1) is 5.92 Å². The Morgan fingerprint density at radius 1 is 1.10 bits per heavy atom. The van der Waals surface area contributed by atoms with Crippen LogP contribution in [-0.4, -0.2) is 60.5 Å². The second-order valence-corrected chi connectivity index (χ2v) is 7.71. The normalized spacial score (nSPS) is 22.8. The van der Waals surface area contributed by atoms with Gasteiger partial charge in [0.15, 0.2) is 0 Å². The molecule has 0 aliphatic carbocycles. The van der Waals surface area contributed by atoms with Gasteiger partial charge in [-0.2, -0.15) is 0 Å². The van der Waals surface area contributed by atoms with Crippen molar-refractivity contribution in [2.24, 2.45) is 5.92 Å². The molecule has 2 aromatic rings. The first-order chi connectivity index (χ1) is 14.2. The molecule has 7 nitrogen and oxygen atoms in total. The van der Waals surface area contributed by atoms with E-state index >= 15 is 0 Å². The molecule has 0 spiro atoms. The molecular weight excluding hydrogens is 370 g/mol. The van der Waals surface area contributed by atoms with E-state index in [1.54, 1.807) is 17.2 Å². The summed E-state index contributed by atoms with van der Waals surface area (Å²) in [6.07, 6.45) is 1.80. The molecule has 2 aliphatic rings. The highest BCUT2D eigenvalue weighted by molar-refractivity contribution is 5.89. The molecule has 2 fully saturated rings. The van der Waals surface area contributed by atoms with Crippen molar-refractivity contribution in [1.82, 2.24) is 15.1 Å². The molecule has 2 aliphatic heterocycles. The average molecular weight is 397 g/mol. The second-order valence-electron chi connectivity index (χ2n) is 7.71. The summed E-state index contributed by atoms with van der Waals surface area (Å²) < 4.78 is 11.1. The standard InChI is InChI=1S/C22H27N3O4/c26-21-11-18(14-25(21)16-19-7-4-9-28-19)22(27)23-12-20-15-24(8-10-29-20)13-17-5-2-1-3-6-17/h1-7,9,18,20H,8,10-16H2,(H,23,27). The van der Waals surface area contributed by atoms with Gasteiger partial charge in [-0.1, -0.05) is 30.3 Å². The number of furan rings is 1. The van der Waals surface area contributed by atoms with Crippen LogP contribution >= 0.6 is 0 Å². The van der Waals surface area contributed by atoms with E-state index in [4.69, 9.17) is 9.15 Å². The van der Waals surface area contributed by atoms with Crippen LogP contribution in [-0.2, 0) is 27.4 Å². The zero-order chi connectivity index (χ0) is 20.1. The van der Waals surface area contributed by atoms with Crippen molar-refractivity contribution in [1.29, 1.82) is 0 Å². The fourth-order valence-corrected chi connectivity index (χ4v) is 3.94. The van der Waals surface area contributed by atoms with Gasteiger partial charge in [0.1, 0.15) is 5.76 Å². The van der Waals surface area contributed by atoms with E-state index < -0.39 is 0 Å². The number of ether oxygens (including phenoxy) is 1. The molecule has 0 saturated carbocycles. The summed E-state index contributed by atoms with van der Waals surface area (Å²) in [6, 6.07) is 14.0. The molecule has 4 rings (SSSR count). The zero-order valence-corrected chi connectivity index (χ0v) is 16.5. The molecular formula is C22H27N3O4.